The maximum absolute atomic E-state index is 13.1. The van der Waals surface area contributed by atoms with E-state index in [4.69, 9.17) is 37.0 Å². The van der Waals surface area contributed by atoms with Crippen molar-refractivity contribution in [2.75, 3.05) is 39.6 Å². The molecule has 0 bridgehead atoms. The molecule has 0 aliphatic heterocycles. The summed E-state index contributed by atoms with van der Waals surface area (Å²) in [5, 5.41) is 10.6. The van der Waals surface area contributed by atoms with E-state index in [-0.39, 0.29) is 25.7 Å². The maximum atomic E-state index is 13.1. The second-order valence-corrected chi connectivity index (χ2v) is 33.4. The van der Waals surface area contributed by atoms with Crippen LogP contribution in [0.2, 0.25) is 0 Å². The lowest BCUT2D eigenvalue weighted by Crippen LogP contribution is -2.30. The molecule has 3 N–H and O–H groups in total. The van der Waals surface area contributed by atoms with Crippen molar-refractivity contribution in [3.63, 3.8) is 0 Å². The van der Waals surface area contributed by atoms with Crippen LogP contribution >= 0.6 is 15.6 Å². The van der Waals surface area contributed by atoms with Crippen molar-refractivity contribution in [3.8, 4) is 0 Å². The summed E-state index contributed by atoms with van der Waals surface area (Å²) in [4.78, 5) is 73.0. The lowest BCUT2D eigenvalue weighted by Gasteiger charge is -2.21. The molecule has 101 heavy (non-hydrogen) atoms. The van der Waals surface area contributed by atoms with Crippen molar-refractivity contribution in [2.45, 2.75) is 446 Å². The number of hydrogen-bond donors (Lipinski definition) is 3. The first-order valence-corrected chi connectivity index (χ1v) is 45.4. The molecule has 0 radical (unpaired) electrons. The number of carbonyl (C=O) groups is 4. The summed E-state index contributed by atoms with van der Waals surface area (Å²) in [7, 11) is -9.92. The first kappa shape index (κ1) is 99.1. The van der Waals surface area contributed by atoms with Gasteiger partial charge in [0, 0.05) is 25.7 Å². The van der Waals surface area contributed by atoms with Crippen molar-refractivity contribution >= 4 is 39.5 Å². The van der Waals surface area contributed by atoms with Crippen molar-refractivity contribution in [3.05, 3.63) is 0 Å². The van der Waals surface area contributed by atoms with Crippen LogP contribution in [0.25, 0.3) is 0 Å². The van der Waals surface area contributed by atoms with Gasteiger partial charge in [-0.05, 0) is 43.4 Å². The van der Waals surface area contributed by atoms with Crippen LogP contribution in [-0.4, -0.2) is 96.7 Å². The third-order valence-corrected chi connectivity index (χ3v) is 21.8. The van der Waals surface area contributed by atoms with Crippen LogP contribution in [0.3, 0.4) is 0 Å². The van der Waals surface area contributed by atoms with Gasteiger partial charge in [0.05, 0.1) is 26.4 Å². The topological polar surface area (TPSA) is 237 Å². The Hall–Kier alpha value is -1.94. The molecule has 0 rings (SSSR count). The highest BCUT2D eigenvalue weighted by molar-refractivity contribution is 7.47. The van der Waals surface area contributed by atoms with Crippen LogP contribution in [0, 0.1) is 17.8 Å². The van der Waals surface area contributed by atoms with Crippen molar-refractivity contribution in [1.29, 1.82) is 0 Å². The molecular weight excluding hydrogens is 1320 g/mol. The molecule has 4 unspecified atom stereocenters. The fourth-order valence-electron chi connectivity index (χ4n) is 12.6. The van der Waals surface area contributed by atoms with Gasteiger partial charge in [0.2, 0.25) is 0 Å². The Kier molecular flexibility index (Phi) is 70.9. The van der Waals surface area contributed by atoms with E-state index in [0.29, 0.717) is 31.6 Å². The van der Waals surface area contributed by atoms with Gasteiger partial charge in [-0.3, -0.25) is 37.3 Å². The molecule has 0 fully saturated rings. The summed E-state index contributed by atoms with van der Waals surface area (Å²) in [5.74, 6) is 0.183. The second kappa shape index (κ2) is 72.3. The predicted molar refractivity (Wildman–Crippen MR) is 414 cm³/mol. The third kappa shape index (κ3) is 73.4. The van der Waals surface area contributed by atoms with Gasteiger partial charge in [-0.25, -0.2) is 9.13 Å². The van der Waals surface area contributed by atoms with Crippen molar-refractivity contribution in [1.82, 2.24) is 0 Å². The second-order valence-electron chi connectivity index (χ2n) is 30.5. The Bertz CT molecular complexity index is 1960. The molecule has 17 nitrogen and oxygen atoms in total. The zero-order valence-corrected chi connectivity index (χ0v) is 68.2. The molecule has 19 heteroatoms. The molecular formula is C82H160O17P2. The number of phosphoric acid groups is 2. The highest BCUT2D eigenvalue weighted by Crippen LogP contribution is 2.45. The van der Waals surface area contributed by atoms with Crippen LogP contribution in [0.1, 0.15) is 427 Å². The van der Waals surface area contributed by atoms with Crippen LogP contribution in [-0.2, 0) is 65.4 Å². The average Bonchev–Trinajstić information content (AvgIpc) is 0.951. The van der Waals surface area contributed by atoms with E-state index < -0.39 is 97.5 Å². The lowest BCUT2D eigenvalue weighted by atomic mass is 9.99. The summed E-state index contributed by atoms with van der Waals surface area (Å²) < 4.78 is 68.7. The highest BCUT2D eigenvalue weighted by atomic mass is 31.2. The van der Waals surface area contributed by atoms with Gasteiger partial charge in [0.15, 0.2) is 12.2 Å². The van der Waals surface area contributed by atoms with Gasteiger partial charge in [0.25, 0.3) is 0 Å². The Morgan fingerprint density at radius 2 is 0.505 bits per heavy atom. The molecule has 7 atom stereocenters. The van der Waals surface area contributed by atoms with E-state index in [0.717, 1.165) is 108 Å². The van der Waals surface area contributed by atoms with E-state index in [9.17, 15) is 43.2 Å². The van der Waals surface area contributed by atoms with Crippen molar-refractivity contribution in [2.24, 2.45) is 17.8 Å². The van der Waals surface area contributed by atoms with Crippen LogP contribution in [0.4, 0.5) is 0 Å². The maximum Gasteiger partial charge on any atom is 0.472 e. The third-order valence-electron chi connectivity index (χ3n) is 19.9. The molecule has 0 heterocycles. The number of aliphatic hydroxyl groups is 1. The minimum atomic E-state index is -4.96. The molecule has 0 spiro atoms. The Morgan fingerprint density at radius 1 is 0.287 bits per heavy atom. The number of esters is 4. The number of carbonyl (C=O) groups excluding carboxylic acids is 4. The molecule has 0 saturated heterocycles. The standard InChI is InChI=1S/C82H160O17P2/c1-8-11-12-13-14-15-16-17-18-19-20-21-22-23-24-25-30-33-36-42-51-58-65-81(86)98-77(69-92-79(84)63-56-49-41-35-32-29-27-26-28-31-34-39-47-54-61-74(6)9-2)71-96-100(88,89)94-67-76(83)68-95-101(90,91)97-72-78(70-93-80(85)64-57-50-45-44-46-53-60-73(4)5)99-82(87)66-59-52-43-38-37-40-48-55-62-75(7)10-3/h73-78,83H,8-72H2,1-7H3,(H,88,89)(H,90,91)/t74?,75?,76-,77-,78-/m1/s1. The number of unbranched alkanes of at least 4 members (excludes halogenated alkanes) is 46. The number of phosphoric ester groups is 2. The molecule has 0 saturated carbocycles. The van der Waals surface area contributed by atoms with Gasteiger partial charge in [-0.15, -0.1) is 0 Å². The lowest BCUT2D eigenvalue weighted by molar-refractivity contribution is -0.161. The minimum absolute atomic E-state index is 0.104. The molecule has 0 aliphatic carbocycles. The van der Waals surface area contributed by atoms with Gasteiger partial charge in [-0.1, -0.05) is 376 Å². The summed E-state index contributed by atoms with van der Waals surface area (Å²) in [5.41, 5.74) is 0. The first-order valence-electron chi connectivity index (χ1n) is 42.4. The monoisotopic (exact) mass is 1480 g/mol. The first-order chi connectivity index (χ1) is 48.8. The fraction of sp³-hybridized carbons (Fsp3) is 0.951. The molecule has 0 aromatic heterocycles. The molecule has 0 aromatic rings. The Labute approximate surface area is 619 Å². The van der Waals surface area contributed by atoms with Crippen LogP contribution < -0.4 is 0 Å². The zero-order valence-electron chi connectivity index (χ0n) is 66.4. The number of ether oxygens (including phenoxy) is 4. The quantitative estimate of drug-likeness (QED) is 0.0222. The van der Waals surface area contributed by atoms with Gasteiger partial charge in [-0.2, -0.15) is 0 Å². The molecule has 0 amide bonds. The van der Waals surface area contributed by atoms with Crippen LogP contribution in [0.5, 0.6) is 0 Å². The zero-order chi connectivity index (χ0) is 74.4. The van der Waals surface area contributed by atoms with Gasteiger partial charge in [0.1, 0.15) is 19.3 Å². The van der Waals surface area contributed by atoms with E-state index in [1.165, 1.54) is 231 Å². The predicted octanol–water partition coefficient (Wildman–Crippen LogP) is 24.5. The average molecular weight is 1480 g/mol. The Morgan fingerprint density at radius 3 is 0.752 bits per heavy atom. The molecule has 0 aliphatic rings. The highest BCUT2D eigenvalue weighted by Gasteiger charge is 2.30. The van der Waals surface area contributed by atoms with E-state index >= 15 is 0 Å². The minimum Gasteiger partial charge on any atom is -0.462 e. The van der Waals surface area contributed by atoms with Crippen molar-refractivity contribution < 1.29 is 80.2 Å². The van der Waals surface area contributed by atoms with Gasteiger partial charge < -0.3 is 33.8 Å². The number of hydrogen-bond acceptors (Lipinski definition) is 15. The van der Waals surface area contributed by atoms with Crippen LogP contribution in [0.15, 0.2) is 0 Å². The SMILES string of the molecule is CCCCCCCCCCCCCCCCCCCCCCCCC(=O)O[C@H](COC(=O)CCCCCCCCCCCCCCCCC(C)CC)COP(=O)(O)OC[C@@H](O)COP(=O)(O)OC[C@@H](COC(=O)CCCCCCCCC(C)C)OC(=O)CCCCCCCCCCC(C)CC. The van der Waals surface area contributed by atoms with E-state index in [2.05, 4.69) is 48.5 Å². The summed E-state index contributed by atoms with van der Waals surface area (Å²) in [6, 6.07) is 0. The van der Waals surface area contributed by atoms with Gasteiger partial charge >= 0.3 is 39.5 Å². The van der Waals surface area contributed by atoms with E-state index in [1.807, 2.05) is 0 Å². The largest absolute Gasteiger partial charge is 0.472 e. The smallest absolute Gasteiger partial charge is 0.462 e. The molecule has 0 aromatic carbocycles. The Balaban J connectivity index is 5.20. The fourth-order valence-corrected chi connectivity index (χ4v) is 14.2. The normalized spacial score (nSPS) is 14.5. The summed E-state index contributed by atoms with van der Waals surface area (Å²) in [6.45, 7) is 11.9. The van der Waals surface area contributed by atoms with E-state index in [1.54, 1.807) is 0 Å². The molecule has 600 valence electrons. The number of aliphatic hydroxyl groups excluding tert-OH is 1. The summed E-state index contributed by atoms with van der Waals surface area (Å²) >= 11 is 0. The number of rotatable bonds is 80. The summed E-state index contributed by atoms with van der Waals surface area (Å²) in [6.07, 6.45) is 61.3.